The van der Waals surface area contributed by atoms with Crippen molar-refractivity contribution in [1.82, 2.24) is 19.9 Å². The van der Waals surface area contributed by atoms with Gasteiger partial charge in [-0.05, 0) is 25.0 Å². The first kappa shape index (κ1) is 15.6. The third kappa shape index (κ3) is 3.90. The second-order valence-corrected chi connectivity index (χ2v) is 6.02. The van der Waals surface area contributed by atoms with Gasteiger partial charge in [0.15, 0.2) is 5.82 Å². The zero-order chi connectivity index (χ0) is 16.1. The first-order chi connectivity index (χ1) is 11.3. The summed E-state index contributed by atoms with van der Waals surface area (Å²) in [6, 6.07) is 7.74. The number of nitrogens with zero attached hydrogens (tertiary/aromatic N) is 4. The van der Waals surface area contributed by atoms with Crippen molar-refractivity contribution in [3.05, 3.63) is 52.2 Å². The highest BCUT2D eigenvalue weighted by Crippen LogP contribution is 2.17. The average molecular weight is 325 g/mol. The summed E-state index contributed by atoms with van der Waals surface area (Å²) in [7, 11) is 0. The van der Waals surface area contributed by atoms with Gasteiger partial charge in [-0.2, -0.15) is 0 Å². The molecule has 23 heavy (non-hydrogen) atoms. The molecule has 0 aromatic carbocycles. The zero-order valence-corrected chi connectivity index (χ0v) is 14.1. The molecule has 0 atom stereocenters. The van der Waals surface area contributed by atoms with Crippen LogP contribution in [0.3, 0.4) is 0 Å². The molecule has 3 heterocycles. The number of thiazole rings is 1. The molecule has 0 aliphatic heterocycles. The van der Waals surface area contributed by atoms with Crippen LogP contribution >= 0.6 is 11.3 Å². The highest BCUT2D eigenvalue weighted by Gasteiger charge is 2.08. The van der Waals surface area contributed by atoms with E-state index in [1.54, 1.807) is 17.5 Å². The van der Waals surface area contributed by atoms with Crippen molar-refractivity contribution in [3.63, 3.8) is 0 Å². The van der Waals surface area contributed by atoms with E-state index in [0.29, 0.717) is 12.4 Å². The van der Waals surface area contributed by atoms with Crippen LogP contribution in [0.4, 0.5) is 5.82 Å². The van der Waals surface area contributed by atoms with Crippen LogP contribution in [0.15, 0.2) is 35.8 Å². The molecule has 0 saturated carbocycles. The average Bonchev–Trinajstić information content (AvgIpc) is 3.08. The molecule has 0 bridgehead atoms. The van der Waals surface area contributed by atoms with Crippen LogP contribution in [0.5, 0.6) is 0 Å². The summed E-state index contributed by atoms with van der Waals surface area (Å²) in [6.45, 7) is 4.87. The Balaban J connectivity index is 1.81. The minimum absolute atomic E-state index is 0.653. The summed E-state index contributed by atoms with van der Waals surface area (Å²) in [4.78, 5) is 18.1. The number of aromatic nitrogens is 4. The lowest BCUT2D eigenvalue weighted by atomic mass is 10.2. The van der Waals surface area contributed by atoms with Crippen molar-refractivity contribution < 1.29 is 0 Å². The Labute approximate surface area is 139 Å². The van der Waals surface area contributed by atoms with Gasteiger partial charge in [0, 0.05) is 23.3 Å². The van der Waals surface area contributed by atoms with E-state index in [9.17, 15) is 0 Å². The number of nitrogens with one attached hydrogen (secondary N) is 1. The van der Waals surface area contributed by atoms with Crippen molar-refractivity contribution in [2.45, 2.75) is 33.2 Å². The number of anilines is 1. The van der Waals surface area contributed by atoms with Gasteiger partial charge in [-0.15, -0.1) is 11.3 Å². The summed E-state index contributed by atoms with van der Waals surface area (Å²) in [5, 5.41) is 6.60. The molecule has 0 amide bonds. The fraction of sp³-hybridized carbons (Fsp3) is 0.294. The van der Waals surface area contributed by atoms with Crippen molar-refractivity contribution in [2.75, 3.05) is 5.32 Å². The Morgan fingerprint density at radius 2 is 1.96 bits per heavy atom. The van der Waals surface area contributed by atoms with Crippen molar-refractivity contribution in [1.29, 1.82) is 0 Å². The van der Waals surface area contributed by atoms with Gasteiger partial charge >= 0.3 is 0 Å². The third-order valence-electron chi connectivity index (χ3n) is 3.39. The Morgan fingerprint density at radius 1 is 1.04 bits per heavy atom. The molecule has 3 rings (SSSR count). The SMILES string of the molecule is CCc1cc(NCc2csc(CC)n2)nc(-c2ccccn2)n1. The maximum Gasteiger partial charge on any atom is 0.180 e. The van der Waals surface area contributed by atoms with E-state index < -0.39 is 0 Å². The largest absolute Gasteiger partial charge is 0.364 e. The summed E-state index contributed by atoms with van der Waals surface area (Å²) >= 11 is 1.70. The maximum atomic E-state index is 4.58. The molecule has 0 aliphatic carbocycles. The highest BCUT2D eigenvalue weighted by atomic mass is 32.1. The minimum atomic E-state index is 0.653. The Morgan fingerprint density at radius 3 is 2.65 bits per heavy atom. The van der Waals surface area contributed by atoms with Gasteiger partial charge < -0.3 is 5.32 Å². The Hall–Kier alpha value is -2.34. The van der Waals surface area contributed by atoms with Crippen LogP contribution in [-0.2, 0) is 19.4 Å². The predicted molar refractivity (Wildman–Crippen MR) is 93.5 cm³/mol. The molecule has 6 heteroatoms. The van der Waals surface area contributed by atoms with Crippen molar-refractivity contribution in [2.24, 2.45) is 0 Å². The predicted octanol–water partition coefficient (Wildman–Crippen LogP) is 3.73. The van der Waals surface area contributed by atoms with E-state index in [1.807, 2.05) is 24.3 Å². The molecule has 0 aliphatic rings. The van der Waals surface area contributed by atoms with Gasteiger partial charge in [0.2, 0.25) is 0 Å². The number of hydrogen-bond donors (Lipinski definition) is 1. The van der Waals surface area contributed by atoms with E-state index in [1.165, 1.54) is 0 Å². The lowest BCUT2D eigenvalue weighted by Gasteiger charge is -2.08. The Kier molecular flexibility index (Phi) is 4.92. The van der Waals surface area contributed by atoms with Crippen LogP contribution in [-0.4, -0.2) is 19.9 Å². The van der Waals surface area contributed by atoms with Gasteiger partial charge in [0.1, 0.15) is 11.5 Å². The summed E-state index contributed by atoms with van der Waals surface area (Å²) in [5.74, 6) is 1.46. The second-order valence-electron chi connectivity index (χ2n) is 5.08. The second kappa shape index (κ2) is 7.28. The summed E-state index contributed by atoms with van der Waals surface area (Å²) in [5.41, 5.74) is 2.83. The van der Waals surface area contributed by atoms with E-state index in [0.717, 1.165) is 40.7 Å². The molecule has 0 fully saturated rings. The van der Waals surface area contributed by atoms with Crippen molar-refractivity contribution in [3.8, 4) is 11.5 Å². The van der Waals surface area contributed by atoms with Gasteiger partial charge in [0.05, 0.1) is 17.2 Å². The van der Waals surface area contributed by atoms with Crippen molar-refractivity contribution >= 4 is 17.2 Å². The smallest absolute Gasteiger partial charge is 0.180 e. The monoisotopic (exact) mass is 325 g/mol. The van der Waals surface area contributed by atoms with Gasteiger partial charge in [0.25, 0.3) is 0 Å². The number of pyridine rings is 1. The summed E-state index contributed by atoms with van der Waals surface area (Å²) < 4.78 is 0. The molecule has 5 nitrogen and oxygen atoms in total. The molecule has 3 aromatic rings. The normalized spacial score (nSPS) is 10.7. The van der Waals surface area contributed by atoms with Crippen LogP contribution < -0.4 is 5.32 Å². The van der Waals surface area contributed by atoms with Crippen LogP contribution in [0.1, 0.15) is 30.2 Å². The highest BCUT2D eigenvalue weighted by molar-refractivity contribution is 7.09. The standard InChI is InChI=1S/C17H19N5S/c1-3-12-9-15(19-10-13-11-23-16(4-2)20-13)22-17(21-12)14-7-5-6-8-18-14/h5-9,11H,3-4,10H2,1-2H3,(H,19,21,22). The number of hydrogen-bond acceptors (Lipinski definition) is 6. The molecule has 0 radical (unpaired) electrons. The topological polar surface area (TPSA) is 63.6 Å². The van der Waals surface area contributed by atoms with Gasteiger partial charge in [-0.1, -0.05) is 19.9 Å². The van der Waals surface area contributed by atoms with E-state index in [-0.39, 0.29) is 0 Å². The first-order valence-corrected chi connectivity index (χ1v) is 8.63. The van der Waals surface area contributed by atoms with E-state index in [4.69, 9.17) is 0 Å². The molecule has 3 aromatic heterocycles. The zero-order valence-electron chi connectivity index (χ0n) is 13.3. The Bertz CT molecular complexity index is 770. The number of aryl methyl sites for hydroxylation is 2. The molecule has 1 N–H and O–H groups in total. The minimum Gasteiger partial charge on any atom is -0.364 e. The molecule has 0 saturated heterocycles. The molecular weight excluding hydrogens is 306 g/mol. The fourth-order valence-corrected chi connectivity index (χ4v) is 2.90. The van der Waals surface area contributed by atoms with Crippen LogP contribution in [0.2, 0.25) is 0 Å². The quantitative estimate of drug-likeness (QED) is 0.748. The number of rotatable bonds is 6. The molecular formula is C17H19N5S. The lowest BCUT2D eigenvalue weighted by Crippen LogP contribution is -2.05. The van der Waals surface area contributed by atoms with Crippen LogP contribution in [0, 0.1) is 0 Å². The summed E-state index contributed by atoms with van der Waals surface area (Å²) in [6.07, 6.45) is 3.58. The van der Waals surface area contributed by atoms with E-state index >= 15 is 0 Å². The maximum absolute atomic E-state index is 4.58. The van der Waals surface area contributed by atoms with Gasteiger partial charge in [-0.3, -0.25) is 4.98 Å². The van der Waals surface area contributed by atoms with Gasteiger partial charge in [-0.25, -0.2) is 15.0 Å². The molecule has 0 unspecified atom stereocenters. The third-order valence-corrected chi connectivity index (χ3v) is 4.43. The van der Waals surface area contributed by atoms with E-state index in [2.05, 4.69) is 44.5 Å². The lowest BCUT2D eigenvalue weighted by molar-refractivity contribution is 0.970. The first-order valence-electron chi connectivity index (χ1n) is 7.75. The van der Waals surface area contributed by atoms with Crippen LogP contribution in [0.25, 0.3) is 11.5 Å². The fourth-order valence-electron chi connectivity index (χ4n) is 2.15. The molecule has 0 spiro atoms. The molecule has 118 valence electrons.